The van der Waals surface area contributed by atoms with E-state index in [2.05, 4.69) is 32.7 Å². The fourth-order valence-electron chi connectivity index (χ4n) is 1.57. The van der Waals surface area contributed by atoms with E-state index < -0.39 is 0 Å². The molecule has 1 aromatic rings. The van der Waals surface area contributed by atoms with Gasteiger partial charge in [-0.3, -0.25) is 0 Å². The molecule has 2 heterocycles. The number of terminal acetylenes is 1. The lowest BCUT2D eigenvalue weighted by Crippen LogP contribution is -2.45. The van der Waals surface area contributed by atoms with Gasteiger partial charge in [0.1, 0.15) is 0 Å². The lowest BCUT2D eigenvalue weighted by atomic mass is 10.3. The van der Waals surface area contributed by atoms with Gasteiger partial charge in [0.15, 0.2) is 0 Å². The van der Waals surface area contributed by atoms with Gasteiger partial charge in [0.2, 0.25) is 5.95 Å². The molecule has 4 heteroatoms. The van der Waals surface area contributed by atoms with Gasteiger partial charge < -0.3 is 9.80 Å². The second-order valence-corrected chi connectivity index (χ2v) is 3.71. The first kappa shape index (κ1) is 9.94. The summed E-state index contributed by atoms with van der Waals surface area (Å²) in [6.07, 6.45) is 8.64. The fourth-order valence-corrected chi connectivity index (χ4v) is 1.57. The molecule has 0 aromatic carbocycles. The maximum absolute atomic E-state index is 5.25. The Labute approximate surface area is 89.9 Å². The summed E-state index contributed by atoms with van der Waals surface area (Å²) in [5.74, 6) is 3.29. The summed E-state index contributed by atoms with van der Waals surface area (Å²) in [6.45, 7) is 4.07. The average molecular weight is 202 g/mol. The van der Waals surface area contributed by atoms with Gasteiger partial charge in [0.05, 0.1) is 5.56 Å². The van der Waals surface area contributed by atoms with Gasteiger partial charge in [-0.2, -0.15) is 0 Å². The Bertz CT molecular complexity index is 357. The molecule has 0 saturated carbocycles. The normalized spacial score (nSPS) is 17.5. The van der Waals surface area contributed by atoms with Crippen molar-refractivity contribution in [2.75, 3.05) is 38.1 Å². The number of likely N-dealkylation sites (N-methyl/N-ethyl adjacent to an activating group) is 1. The van der Waals surface area contributed by atoms with Crippen LogP contribution in [0.1, 0.15) is 5.56 Å². The van der Waals surface area contributed by atoms with Crippen LogP contribution in [-0.2, 0) is 0 Å². The van der Waals surface area contributed by atoms with Crippen molar-refractivity contribution in [3.05, 3.63) is 18.0 Å². The van der Waals surface area contributed by atoms with E-state index in [1.54, 1.807) is 12.4 Å². The van der Waals surface area contributed by atoms with E-state index in [1.807, 2.05) is 0 Å². The molecule has 0 atom stereocenters. The molecule has 78 valence electrons. The smallest absolute Gasteiger partial charge is 0.225 e. The molecule has 0 amide bonds. The topological polar surface area (TPSA) is 32.3 Å². The van der Waals surface area contributed by atoms with Crippen molar-refractivity contribution < 1.29 is 0 Å². The van der Waals surface area contributed by atoms with Gasteiger partial charge in [0, 0.05) is 38.6 Å². The molecular weight excluding hydrogens is 188 g/mol. The second-order valence-electron chi connectivity index (χ2n) is 3.71. The lowest BCUT2D eigenvalue weighted by molar-refractivity contribution is 0.311. The first-order valence-electron chi connectivity index (χ1n) is 5.02. The van der Waals surface area contributed by atoms with Crippen LogP contribution in [0.4, 0.5) is 5.95 Å². The van der Waals surface area contributed by atoms with Crippen LogP contribution in [0.3, 0.4) is 0 Å². The Morgan fingerprint density at radius 3 is 2.33 bits per heavy atom. The molecule has 1 saturated heterocycles. The zero-order valence-electron chi connectivity index (χ0n) is 8.85. The van der Waals surface area contributed by atoms with Crippen molar-refractivity contribution in [2.24, 2.45) is 0 Å². The Kier molecular flexibility index (Phi) is 2.84. The van der Waals surface area contributed by atoms with E-state index in [0.29, 0.717) is 0 Å². The number of aromatic nitrogens is 2. The van der Waals surface area contributed by atoms with Crippen molar-refractivity contribution in [3.8, 4) is 12.3 Å². The SMILES string of the molecule is C#Cc1cnc(N2CCN(C)CC2)nc1. The monoisotopic (exact) mass is 202 g/mol. The standard InChI is InChI=1S/C11H14N4/c1-3-10-8-12-11(13-9-10)15-6-4-14(2)5-7-15/h1,8-9H,4-7H2,2H3. The summed E-state index contributed by atoms with van der Waals surface area (Å²) in [4.78, 5) is 13.0. The Hall–Kier alpha value is -1.60. The van der Waals surface area contributed by atoms with Crippen LogP contribution in [0.5, 0.6) is 0 Å². The highest BCUT2D eigenvalue weighted by Gasteiger charge is 2.15. The summed E-state index contributed by atoms with van der Waals surface area (Å²) in [5, 5.41) is 0. The van der Waals surface area contributed by atoms with E-state index in [4.69, 9.17) is 6.42 Å². The fraction of sp³-hybridized carbons (Fsp3) is 0.455. The molecule has 1 fully saturated rings. The summed E-state index contributed by atoms with van der Waals surface area (Å²) in [7, 11) is 2.12. The molecule has 15 heavy (non-hydrogen) atoms. The molecule has 1 aliphatic rings. The predicted octanol–water partition coefficient (Wildman–Crippen LogP) is 0.210. The van der Waals surface area contributed by atoms with Gasteiger partial charge in [0.25, 0.3) is 0 Å². The maximum atomic E-state index is 5.25. The third kappa shape index (κ3) is 2.25. The maximum Gasteiger partial charge on any atom is 0.225 e. The zero-order valence-corrected chi connectivity index (χ0v) is 8.85. The molecule has 1 aliphatic heterocycles. The minimum Gasteiger partial charge on any atom is -0.338 e. The average Bonchev–Trinajstić information content (AvgIpc) is 2.30. The lowest BCUT2D eigenvalue weighted by Gasteiger charge is -2.32. The van der Waals surface area contributed by atoms with E-state index in [0.717, 1.165) is 37.7 Å². The van der Waals surface area contributed by atoms with E-state index in [1.165, 1.54) is 0 Å². The number of hydrogen-bond donors (Lipinski definition) is 0. The van der Waals surface area contributed by atoms with Crippen LogP contribution in [0.2, 0.25) is 0 Å². The van der Waals surface area contributed by atoms with E-state index in [9.17, 15) is 0 Å². The van der Waals surface area contributed by atoms with E-state index in [-0.39, 0.29) is 0 Å². The summed E-state index contributed by atoms with van der Waals surface area (Å²) in [5.41, 5.74) is 0.730. The van der Waals surface area contributed by atoms with Crippen LogP contribution < -0.4 is 4.90 Å². The van der Waals surface area contributed by atoms with Crippen LogP contribution in [0.15, 0.2) is 12.4 Å². The Balaban J connectivity index is 2.07. The van der Waals surface area contributed by atoms with Gasteiger partial charge in [-0.15, -0.1) is 6.42 Å². The Morgan fingerprint density at radius 2 is 1.80 bits per heavy atom. The van der Waals surface area contributed by atoms with Gasteiger partial charge in [-0.25, -0.2) is 9.97 Å². The molecule has 0 spiro atoms. The van der Waals surface area contributed by atoms with Gasteiger partial charge in [-0.05, 0) is 7.05 Å². The molecule has 0 bridgehead atoms. The quantitative estimate of drug-likeness (QED) is 0.609. The van der Waals surface area contributed by atoms with E-state index >= 15 is 0 Å². The molecular formula is C11H14N4. The molecule has 1 aromatic heterocycles. The zero-order chi connectivity index (χ0) is 10.7. The number of rotatable bonds is 1. The van der Waals surface area contributed by atoms with Crippen molar-refractivity contribution in [1.29, 1.82) is 0 Å². The third-order valence-corrected chi connectivity index (χ3v) is 2.59. The molecule has 0 radical (unpaired) electrons. The van der Waals surface area contributed by atoms with Crippen LogP contribution >= 0.6 is 0 Å². The van der Waals surface area contributed by atoms with Crippen molar-refractivity contribution in [2.45, 2.75) is 0 Å². The predicted molar refractivity (Wildman–Crippen MR) is 59.7 cm³/mol. The molecule has 4 nitrogen and oxygen atoms in total. The summed E-state index contributed by atoms with van der Waals surface area (Å²) in [6, 6.07) is 0. The highest BCUT2D eigenvalue weighted by Crippen LogP contribution is 2.09. The number of piperazine rings is 1. The molecule has 0 N–H and O–H groups in total. The van der Waals surface area contributed by atoms with Crippen molar-refractivity contribution in [3.63, 3.8) is 0 Å². The summed E-state index contributed by atoms with van der Waals surface area (Å²) < 4.78 is 0. The number of anilines is 1. The second kappa shape index (κ2) is 4.28. The van der Waals surface area contributed by atoms with Gasteiger partial charge in [-0.1, -0.05) is 5.92 Å². The van der Waals surface area contributed by atoms with Gasteiger partial charge >= 0.3 is 0 Å². The van der Waals surface area contributed by atoms with Crippen molar-refractivity contribution in [1.82, 2.24) is 14.9 Å². The highest BCUT2D eigenvalue weighted by atomic mass is 15.3. The molecule has 0 unspecified atom stereocenters. The highest BCUT2D eigenvalue weighted by molar-refractivity contribution is 5.34. The third-order valence-electron chi connectivity index (χ3n) is 2.59. The first-order valence-corrected chi connectivity index (χ1v) is 5.02. The Morgan fingerprint density at radius 1 is 1.20 bits per heavy atom. The molecule has 2 rings (SSSR count). The van der Waals surface area contributed by atoms with Crippen molar-refractivity contribution >= 4 is 5.95 Å². The van der Waals surface area contributed by atoms with Crippen LogP contribution in [0.25, 0.3) is 0 Å². The van der Waals surface area contributed by atoms with Crippen LogP contribution in [-0.4, -0.2) is 48.1 Å². The number of nitrogens with zero attached hydrogens (tertiary/aromatic N) is 4. The largest absolute Gasteiger partial charge is 0.338 e. The molecule has 0 aliphatic carbocycles. The summed E-state index contributed by atoms with van der Waals surface area (Å²) >= 11 is 0. The first-order chi connectivity index (χ1) is 7.29. The van der Waals surface area contributed by atoms with Crippen LogP contribution in [0, 0.1) is 12.3 Å². The minimum atomic E-state index is 0.730. The number of hydrogen-bond acceptors (Lipinski definition) is 4. The minimum absolute atomic E-state index is 0.730.